The number of anilines is 2. The van der Waals surface area contributed by atoms with Gasteiger partial charge in [-0.3, -0.25) is 9.59 Å². The topological polar surface area (TPSA) is 84.0 Å². The van der Waals surface area contributed by atoms with Gasteiger partial charge in [0.25, 0.3) is 0 Å². The molecule has 9 heteroatoms. The molecule has 1 aromatic heterocycles. The minimum atomic E-state index is -0.245. The van der Waals surface area contributed by atoms with Gasteiger partial charge in [0.2, 0.25) is 11.8 Å². The van der Waals surface area contributed by atoms with Crippen molar-refractivity contribution in [2.75, 3.05) is 50.1 Å². The number of amides is 2. The lowest BCUT2D eigenvalue weighted by Gasteiger charge is -2.28. The van der Waals surface area contributed by atoms with Crippen LogP contribution in [0.1, 0.15) is 16.3 Å². The molecular weight excluding hydrogens is 464 g/mol. The molecule has 0 atom stereocenters. The summed E-state index contributed by atoms with van der Waals surface area (Å²) in [5.74, 6) is 0.370. The first-order valence-corrected chi connectivity index (χ1v) is 12.4. The van der Waals surface area contributed by atoms with Gasteiger partial charge in [-0.15, -0.1) is 11.3 Å². The number of morpholine rings is 1. The second kappa shape index (κ2) is 11.8. The summed E-state index contributed by atoms with van der Waals surface area (Å²) in [7, 11) is 1.62. The summed E-state index contributed by atoms with van der Waals surface area (Å²) in [6, 6.07) is 15.6. The first-order chi connectivity index (χ1) is 17.0. The molecule has 0 aliphatic carbocycles. The molecule has 184 valence electrons. The summed E-state index contributed by atoms with van der Waals surface area (Å²) in [6.45, 7) is 5.52. The largest absolute Gasteiger partial charge is 0.486 e. The van der Waals surface area contributed by atoms with Gasteiger partial charge in [-0.25, -0.2) is 4.98 Å². The van der Waals surface area contributed by atoms with E-state index in [1.54, 1.807) is 7.05 Å². The van der Waals surface area contributed by atoms with Crippen LogP contribution in [-0.2, 0) is 27.4 Å². The molecule has 0 spiro atoms. The Kier molecular flexibility index (Phi) is 8.33. The number of nitrogens with zero attached hydrogens (tertiary/aromatic N) is 3. The van der Waals surface area contributed by atoms with Crippen molar-refractivity contribution < 1.29 is 19.1 Å². The van der Waals surface area contributed by atoms with Crippen LogP contribution in [0.5, 0.6) is 5.75 Å². The van der Waals surface area contributed by atoms with Gasteiger partial charge < -0.3 is 24.6 Å². The number of ether oxygens (including phenoxy) is 2. The average molecular weight is 495 g/mol. The van der Waals surface area contributed by atoms with Crippen molar-refractivity contribution in [1.29, 1.82) is 0 Å². The zero-order valence-electron chi connectivity index (χ0n) is 20.0. The Morgan fingerprint density at radius 2 is 1.83 bits per heavy atom. The van der Waals surface area contributed by atoms with Crippen molar-refractivity contribution >= 4 is 34.5 Å². The maximum atomic E-state index is 12.6. The number of likely N-dealkylation sites (N-methyl/N-ethyl adjacent to an activating group) is 1. The van der Waals surface area contributed by atoms with Crippen molar-refractivity contribution in [2.45, 2.75) is 20.0 Å². The van der Waals surface area contributed by atoms with Gasteiger partial charge >= 0.3 is 0 Å². The molecule has 2 heterocycles. The van der Waals surface area contributed by atoms with Gasteiger partial charge in [-0.05, 0) is 43.3 Å². The first-order valence-electron chi connectivity index (χ1n) is 11.6. The van der Waals surface area contributed by atoms with Gasteiger partial charge in [-0.2, -0.15) is 0 Å². The van der Waals surface area contributed by atoms with Crippen molar-refractivity contribution in [3.05, 3.63) is 70.2 Å². The van der Waals surface area contributed by atoms with Gasteiger partial charge in [0, 0.05) is 36.9 Å². The van der Waals surface area contributed by atoms with E-state index in [1.807, 2.05) is 60.8 Å². The number of carbonyl (C=O) groups excluding carboxylic acids is 2. The predicted molar refractivity (Wildman–Crippen MR) is 137 cm³/mol. The van der Waals surface area contributed by atoms with Crippen LogP contribution < -0.4 is 15.0 Å². The molecule has 3 aromatic rings. The number of hydrogen-bond donors (Lipinski definition) is 1. The Labute approximate surface area is 209 Å². The lowest BCUT2D eigenvalue weighted by molar-refractivity contribution is -0.132. The highest BCUT2D eigenvalue weighted by Gasteiger charge is 2.16. The number of hydrogen-bond acceptors (Lipinski definition) is 7. The Balaban J connectivity index is 1.21. The number of aromatic nitrogens is 1. The van der Waals surface area contributed by atoms with Gasteiger partial charge in [-0.1, -0.05) is 17.7 Å². The van der Waals surface area contributed by atoms with Gasteiger partial charge in [0.05, 0.1) is 31.9 Å². The van der Waals surface area contributed by atoms with Crippen LogP contribution in [0.15, 0.2) is 53.9 Å². The zero-order valence-corrected chi connectivity index (χ0v) is 20.8. The Hall–Kier alpha value is -3.43. The molecule has 0 bridgehead atoms. The van der Waals surface area contributed by atoms with Crippen molar-refractivity contribution in [1.82, 2.24) is 9.88 Å². The highest BCUT2D eigenvalue weighted by molar-refractivity contribution is 7.09. The van der Waals surface area contributed by atoms with Gasteiger partial charge in [0.15, 0.2) is 0 Å². The molecule has 2 amide bonds. The summed E-state index contributed by atoms with van der Waals surface area (Å²) in [4.78, 5) is 33.2. The maximum absolute atomic E-state index is 12.6. The molecule has 1 saturated heterocycles. The van der Waals surface area contributed by atoms with Gasteiger partial charge in [0.1, 0.15) is 17.4 Å². The molecule has 2 aromatic carbocycles. The van der Waals surface area contributed by atoms with E-state index in [1.165, 1.54) is 21.8 Å². The quantitative estimate of drug-likeness (QED) is 0.490. The summed E-state index contributed by atoms with van der Waals surface area (Å²) in [6.07, 6.45) is 0.138. The number of thiazole rings is 1. The van der Waals surface area contributed by atoms with Crippen LogP contribution in [0.25, 0.3) is 0 Å². The summed E-state index contributed by atoms with van der Waals surface area (Å²) in [5.41, 5.74) is 3.65. The van der Waals surface area contributed by atoms with Crippen LogP contribution in [0.4, 0.5) is 11.4 Å². The van der Waals surface area contributed by atoms with E-state index in [0.29, 0.717) is 18.0 Å². The van der Waals surface area contributed by atoms with E-state index in [2.05, 4.69) is 15.2 Å². The summed E-state index contributed by atoms with van der Waals surface area (Å²) >= 11 is 1.46. The summed E-state index contributed by atoms with van der Waals surface area (Å²) in [5, 5.41) is 5.51. The van der Waals surface area contributed by atoms with Crippen LogP contribution in [0.2, 0.25) is 0 Å². The number of nitrogens with one attached hydrogen (secondary N) is 1. The van der Waals surface area contributed by atoms with E-state index in [0.717, 1.165) is 42.7 Å². The number of rotatable bonds is 9. The van der Waals surface area contributed by atoms with Crippen LogP contribution in [0, 0.1) is 6.92 Å². The monoisotopic (exact) mass is 494 g/mol. The SMILES string of the molecule is Cc1ccc(OCc2nc(CC(=O)N(C)CC(=O)Nc3ccc(N4CCOCC4)cc3)cs2)cc1. The maximum Gasteiger partial charge on any atom is 0.243 e. The molecule has 0 unspecified atom stereocenters. The van der Waals surface area contributed by atoms with Crippen molar-refractivity contribution in [2.24, 2.45) is 0 Å². The second-order valence-corrected chi connectivity index (χ2v) is 9.40. The number of carbonyl (C=O) groups is 2. The molecule has 1 aliphatic heterocycles. The average Bonchev–Trinajstić information content (AvgIpc) is 3.32. The zero-order chi connectivity index (χ0) is 24.6. The Morgan fingerprint density at radius 3 is 2.54 bits per heavy atom. The van der Waals surface area contributed by atoms with Crippen molar-refractivity contribution in [3.8, 4) is 5.75 Å². The van der Waals surface area contributed by atoms with E-state index in [4.69, 9.17) is 9.47 Å². The molecule has 0 radical (unpaired) electrons. The fourth-order valence-corrected chi connectivity index (χ4v) is 4.35. The molecule has 35 heavy (non-hydrogen) atoms. The third-order valence-corrected chi connectivity index (χ3v) is 6.52. The molecule has 0 saturated carbocycles. The lowest BCUT2D eigenvalue weighted by Crippen LogP contribution is -2.36. The minimum absolute atomic E-state index is 0.0302. The van der Waals surface area contributed by atoms with Crippen LogP contribution >= 0.6 is 11.3 Å². The smallest absolute Gasteiger partial charge is 0.243 e. The Morgan fingerprint density at radius 1 is 1.11 bits per heavy atom. The molecular formula is C26H30N4O4S. The molecule has 8 nitrogen and oxygen atoms in total. The third kappa shape index (κ3) is 7.27. The normalized spacial score (nSPS) is 13.4. The van der Waals surface area contributed by atoms with Crippen LogP contribution in [-0.4, -0.2) is 61.6 Å². The fourth-order valence-electron chi connectivity index (χ4n) is 3.65. The van der Waals surface area contributed by atoms with E-state index < -0.39 is 0 Å². The minimum Gasteiger partial charge on any atom is -0.486 e. The Bertz CT molecular complexity index is 1130. The lowest BCUT2D eigenvalue weighted by atomic mass is 10.2. The standard InChI is InChI=1S/C26H30N4O4S/c1-19-3-9-23(10-4-19)34-17-25-28-21(18-35-25)15-26(32)29(2)16-24(31)27-20-5-7-22(8-6-20)30-11-13-33-14-12-30/h3-10,18H,11-17H2,1-2H3,(H,27,31). The highest BCUT2D eigenvalue weighted by atomic mass is 32.1. The number of benzene rings is 2. The third-order valence-electron chi connectivity index (χ3n) is 5.65. The number of aryl methyl sites for hydroxylation is 1. The molecule has 1 aliphatic rings. The highest BCUT2D eigenvalue weighted by Crippen LogP contribution is 2.19. The van der Waals surface area contributed by atoms with Crippen LogP contribution in [0.3, 0.4) is 0 Å². The predicted octanol–water partition coefficient (Wildman–Crippen LogP) is 3.51. The molecule has 4 rings (SSSR count). The molecule has 1 N–H and O–H groups in total. The summed E-state index contributed by atoms with van der Waals surface area (Å²) < 4.78 is 11.1. The van der Waals surface area contributed by atoms with E-state index in [9.17, 15) is 9.59 Å². The first kappa shape index (κ1) is 24.7. The van der Waals surface area contributed by atoms with E-state index >= 15 is 0 Å². The van der Waals surface area contributed by atoms with E-state index in [-0.39, 0.29) is 24.8 Å². The molecule has 1 fully saturated rings. The second-order valence-electron chi connectivity index (χ2n) is 8.46. The fraction of sp³-hybridized carbons (Fsp3) is 0.346. The van der Waals surface area contributed by atoms with Crippen molar-refractivity contribution in [3.63, 3.8) is 0 Å².